The van der Waals surface area contributed by atoms with E-state index in [1.165, 1.54) is 6.33 Å². The number of aryl methyl sites for hydroxylation is 2. The molecule has 1 aromatic carbocycles. The van der Waals surface area contributed by atoms with E-state index in [0.717, 1.165) is 17.0 Å². The SMILES string of the molecule is COc1ccc(-c2nc(Cc3noc(CCn4cncn4)n3)co2)cc1. The highest BCUT2D eigenvalue weighted by atomic mass is 16.5. The zero-order chi connectivity index (χ0) is 17.8. The Balaban J connectivity index is 1.39. The van der Waals surface area contributed by atoms with Crippen LogP contribution in [0.25, 0.3) is 11.5 Å². The molecule has 3 heterocycles. The first-order valence-electron chi connectivity index (χ1n) is 8.03. The van der Waals surface area contributed by atoms with Crippen molar-refractivity contribution in [3.05, 3.63) is 60.6 Å². The van der Waals surface area contributed by atoms with E-state index in [9.17, 15) is 0 Å². The molecular weight excluding hydrogens is 336 g/mol. The number of methoxy groups -OCH3 is 1. The molecule has 0 atom stereocenters. The van der Waals surface area contributed by atoms with Gasteiger partial charge in [0, 0.05) is 12.0 Å². The third kappa shape index (κ3) is 3.61. The molecule has 0 radical (unpaired) electrons. The highest BCUT2D eigenvalue weighted by molar-refractivity contribution is 5.54. The molecule has 3 aromatic heterocycles. The summed E-state index contributed by atoms with van der Waals surface area (Å²) in [4.78, 5) is 12.7. The number of nitrogens with zero attached hydrogens (tertiary/aromatic N) is 6. The van der Waals surface area contributed by atoms with E-state index in [1.807, 2.05) is 24.3 Å². The molecule has 132 valence electrons. The highest BCUT2D eigenvalue weighted by Gasteiger charge is 2.12. The molecular formula is C17H16N6O3. The molecule has 4 rings (SSSR count). The van der Waals surface area contributed by atoms with Gasteiger partial charge in [-0.15, -0.1) is 0 Å². The number of benzene rings is 1. The minimum atomic E-state index is 0.437. The molecule has 0 saturated heterocycles. The second-order valence-electron chi connectivity index (χ2n) is 5.56. The number of oxazole rings is 1. The van der Waals surface area contributed by atoms with Gasteiger partial charge in [-0.2, -0.15) is 10.1 Å². The van der Waals surface area contributed by atoms with Crippen LogP contribution < -0.4 is 4.74 Å². The summed E-state index contributed by atoms with van der Waals surface area (Å²) >= 11 is 0. The Labute approximate surface area is 148 Å². The summed E-state index contributed by atoms with van der Waals surface area (Å²) in [5.74, 6) is 2.44. The summed E-state index contributed by atoms with van der Waals surface area (Å²) in [6.07, 6.45) is 5.77. The molecule has 0 fully saturated rings. The fourth-order valence-corrected chi connectivity index (χ4v) is 2.44. The molecule has 9 nitrogen and oxygen atoms in total. The lowest BCUT2D eigenvalue weighted by atomic mass is 10.2. The summed E-state index contributed by atoms with van der Waals surface area (Å²) in [5, 5.41) is 8.02. The summed E-state index contributed by atoms with van der Waals surface area (Å²) in [6.45, 7) is 0.632. The maximum Gasteiger partial charge on any atom is 0.228 e. The van der Waals surface area contributed by atoms with Gasteiger partial charge in [-0.1, -0.05) is 5.16 Å². The average Bonchev–Trinajstić information content (AvgIpc) is 3.43. The Morgan fingerprint density at radius 1 is 1.15 bits per heavy atom. The molecule has 0 N–H and O–H groups in total. The van der Waals surface area contributed by atoms with Crippen LogP contribution in [0.2, 0.25) is 0 Å². The van der Waals surface area contributed by atoms with Crippen LogP contribution in [0.3, 0.4) is 0 Å². The van der Waals surface area contributed by atoms with E-state index < -0.39 is 0 Å². The first-order chi connectivity index (χ1) is 12.8. The Morgan fingerprint density at radius 2 is 2.04 bits per heavy atom. The van der Waals surface area contributed by atoms with Crippen LogP contribution in [-0.2, 0) is 19.4 Å². The molecule has 0 amide bonds. The highest BCUT2D eigenvalue weighted by Crippen LogP contribution is 2.22. The van der Waals surface area contributed by atoms with Gasteiger partial charge in [-0.3, -0.25) is 4.68 Å². The van der Waals surface area contributed by atoms with Crippen molar-refractivity contribution in [2.24, 2.45) is 0 Å². The molecule has 0 bridgehead atoms. The Morgan fingerprint density at radius 3 is 2.81 bits per heavy atom. The quantitative estimate of drug-likeness (QED) is 0.498. The van der Waals surface area contributed by atoms with E-state index in [2.05, 4.69) is 25.2 Å². The van der Waals surface area contributed by atoms with Gasteiger partial charge in [0.25, 0.3) is 0 Å². The van der Waals surface area contributed by atoms with Gasteiger partial charge in [0.1, 0.15) is 24.7 Å². The number of rotatable bonds is 7. The monoisotopic (exact) mass is 352 g/mol. The zero-order valence-electron chi connectivity index (χ0n) is 14.1. The number of hydrogen-bond donors (Lipinski definition) is 0. The number of hydrogen-bond acceptors (Lipinski definition) is 8. The number of ether oxygens (including phenoxy) is 1. The molecule has 0 spiro atoms. The van der Waals surface area contributed by atoms with E-state index >= 15 is 0 Å². The second-order valence-corrected chi connectivity index (χ2v) is 5.56. The molecule has 0 aliphatic rings. The van der Waals surface area contributed by atoms with E-state index in [4.69, 9.17) is 13.7 Å². The molecule has 9 heteroatoms. The first kappa shape index (κ1) is 16.0. The van der Waals surface area contributed by atoms with Gasteiger partial charge < -0.3 is 13.7 Å². The summed E-state index contributed by atoms with van der Waals surface area (Å²) in [5.41, 5.74) is 1.61. The van der Waals surface area contributed by atoms with Gasteiger partial charge in [-0.05, 0) is 24.3 Å². The topological polar surface area (TPSA) is 105 Å². The van der Waals surface area contributed by atoms with Gasteiger partial charge in [0.15, 0.2) is 5.82 Å². The predicted molar refractivity (Wildman–Crippen MR) is 89.3 cm³/mol. The van der Waals surface area contributed by atoms with Crippen LogP contribution in [0.4, 0.5) is 0 Å². The third-order valence-electron chi connectivity index (χ3n) is 3.76. The lowest BCUT2D eigenvalue weighted by Crippen LogP contribution is -2.02. The Bertz CT molecular complexity index is 959. The number of aromatic nitrogens is 6. The van der Waals surface area contributed by atoms with Crippen molar-refractivity contribution in [2.75, 3.05) is 7.11 Å². The van der Waals surface area contributed by atoms with Gasteiger partial charge >= 0.3 is 0 Å². The second kappa shape index (κ2) is 7.18. The minimum absolute atomic E-state index is 0.437. The van der Waals surface area contributed by atoms with Crippen molar-refractivity contribution >= 4 is 0 Å². The Hall–Kier alpha value is -3.49. The molecule has 26 heavy (non-hydrogen) atoms. The largest absolute Gasteiger partial charge is 0.497 e. The zero-order valence-corrected chi connectivity index (χ0v) is 14.1. The molecule has 4 aromatic rings. The summed E-state index contributed by atoms with van der Waals surface area (Å²) in [6, 6.07) is 7.51. The maximum atomic E-state index is 5.54. The summed E-state index contributed by atoms with van der Waals surface area (Å²) < 4.78 is 17.7. The van der Waals surface area contributed by atoms with Crippen LogP contribution in [0.5, 0.6) is 5.75 Å². The van der Waals surface area contributed by atoms with Gasteiger partial charge in [0.2, 0.25) is 11.8 Å². The van der Waals surface area contributed by atoms with Crippen molar-refractivity contribution in [1.29, 1.82) is 0 Å². The first-order valence-corrected chi connectivity index (χ1v) is 8.03. The van der Waals surface area contributed by atoms with E-state index in [-0.39, 0.29) is 0 Å². The lowest BCUT2D eigenvalue weighted by Gasteiger charge is -1.99. The van der Waals surface area contributed by atoms with Gasteiger partial charge in [0.05, 0.1) is 25.8 Å². The average molecular weight is 352 g/mol. The van der Waals surface area contributed by atoms with Crippen LogP contribution in [0.1, 0.15) is 17.4 Å². The van der Waals surface area contributed by atoms with Crippen molar-refractivity contribution in [1.82, 2.24) is 29.9 Å². The van der Waals surface area contributed by atoms with E-state index in [0.29, 0.717) is 37.0 Å². The van der Waals surface area contributed by atoms with Crippen LogP contribution in [-0.4, -0.2) is 37.0 Å². The normalized spacial score (nSPS) is 11.0. The van der Waals surface area contributed by atoms with Crippen molar-refractivity contribution in [3.63, 3.8) is 0 Å². The van der Waals surface area contributed by atoms with Crippen molar-refractivity contribution in [2.45, 2.75) is 19.4 Å². The molecule has 0 saturated carbocycles. The van der Waals surface area contributed by atoms with Crippen LogP contribution in [0.15, 0.2) is 52.1 Å². The van der Waals surface area contributed by atoms with Gasteiger partial charge in [-0.25, -0.2) is 9.97 Å². The fourth-order valence-electron chi connectivity index (χ4n) is 2.44. The van der Waals surface area contributed by atoms with Crippen molar-refractivity contribution in [3.8, 4) is 17.2 Å². The standard InChI is InChI=1S/C17H16N6O3/c1-24-14-4-2-12(3-5-14)17-20-13(9-25-17)8-15-21-16(26-22-15)6-7-23-11-18-10-19-23/h2-5,9-11H,6-8H2,1H3. The minimum Gasteiger partial charge on any atom is -0.497 e. The van der Waals surface area contributed by atoms with E-state index in [1.54, 1.807) is 24.4 Å². The summed E-state index contributed by atoms with van der Waals surface area (Å²) in [7, 11) is 1.63. The Kier molecular flexibility index (Phi) is 4.42. The van der Waals surface area contributed by atoms with Crippen LogP contribution >= 0.6 is 0 Å². The smallest absolute Gasteiger partial charge is 0.228 e. The fraction of sp³-hybridized carbons (Fsp3) is 0.235. The molecule has 0 aliphatic heterocycles. The maximum absolute atomic E-state index is 5.54. The van der Waals surface area contributed by atoms with Crippen LogP contribution in [0, 0.1) is 0 Å². The molecule has 0 aliphatic carbocycles. The third-order valence-corrected chi connectivity index (χ3v) is 3.76. The molecule has 0 unspecified atom stereocenters. The predicted octanol–water partition coefficient (Wildman–Crippen LogP) is 2.16. The van der Waals surface area contributed by atoms with Crippen molar-refractivity contribution < 1.29 is 13.7 Å². The lowest BCUT2D eigenvalue weighted by molar-refractivity contribution is 0.364.